The Morgan fingerprint density at radius 1 is 1.36 bits per heavy atom. The molecule has 1 heterocycles. The monoisotopic (exact) mass is 357 g/mol. The van der Waals surface area contributed by atoms with Gasteiger partial charge in [-0.15, -0.1) is 11.8 Å². The Labute approximate surface area is 144 Å². The molecule has 2 aliphatic rings. The molecule has 118 valence electrons. The summed E-state index contributed by atoms with van der Waals surface area (Å²) in [5.41, 5.74) is 1.06. The number of thioether (sulfide) groups is 1. The smallest absolute Gasteiger partial charge is 0.261 e. The number of benzene rings is 1. The molecule has 1 aromatic rings. The molecule has 1 aliphatic carbocycles. The average molecular weight is 358 g/mol. The molecule has 3 nitrogen and oxygen atoms in total. The summed E-state index contributed by atoms with van der Waals surface area (Å²) in [5.74, 6) is 1.75. The first-order valence-electron chi connectivity index (χ1n) is 7.28. The van der Waals surface area contributed by atoms with Gasteiger partial charge >= 0.3 is 0 Å². The van der Waals surface area contributed by atoms with Gasteiger partial charge in [-0.25, -0.2) is 0 Å². The predicted molar refractivity (Wildman–Crippen MR) is 91.5 cm³/mol. The number of hydrogen-bond acceptors (Lipinski definition) is 3. The molecule has 1 amide bonds. The molecule has 1 N–H and O–H groups in total. The second-order valence-electron chi connectivity index (χ2n) is 5.51. The Balaban J connectivity index is 1.70. The van der Waals surface area contributed by atoms with Gasteiger partial charge in [-0.05, 0) is 37.5 Å². The van der Waals surface area contributed by atoms with Gasteiger partial charge in [0.1, 0.15) is 10.7 Å². The summed E-state index contributed by atoms with van der Waals surface area (Å²) >= 11 is 13.8. The van der Waals surface area contributed by atoms with E-state index in [0.717, 1.165) is 24.2 Å². The highest BCUT2D eigenvalue weighted by atomic mass is 35.5. The molecule has 3 rings (SSSR count). The van der Waals surface area contributed by atoms with Crippen LogP contribution in [0.25, 0.3) is 0 Å². The summed E-state index contributed by atoms with van der Waals surface area (Å²) in [5, 5.41) is 4.42. The fourth-order valence-electron chi connectivity index (χ4n) is 2.81. The maximum Gasteiger partial charge on any atom is 0.261 e. The number of amides is 1. The third-order valence-corrected chi connectivity index (χ3v) is 5.82. The number of carbonyl (C=O) groups is 1. The number of hydrogen-bond donors (Lipinski definition) is 1. The summed E-state index contributed by atoms with van der Waals surface area (Å²) < 4.78 is 5.45. The van der Waals surface area contributed by atoms with E-state index in [9.17, 15) is 4.79 Å². The Hall–Kier alpha value is -0.840. The van der Waals surface area contributed by atoms with Crippen LogP contribution in [-0.2, 0) is 9.53 Å². The molecule has 6 heteroatoms. The van der Waals surface area contributed by atoms with Crippen molar-refractivity contribution in [1.82, 2.24) is 5.32 Å². The standard InChI is InChI=1S/C16H17Cl2NO2S/c1-9-15(22-7-6-21-9)16(20)19-14-5-4-12(14)11-3-2-10(17)8-13(11)18/h2-3,8,12,14H,4-7H2,1H3,(H,19,20)/t12-,14-/m0/s1. The lowest BCUT2D eigenvalue weighted by Crippen LogP contribution is -2.46. The van der Waals surface area contributed by atoms with Crippen molar-refractivity contribution < 1.29 is 9.53 Å². The average Bonchev–Trinajstić information content (AvgIpc) is 2.46. The van der Waals surface area contributed by atoms with Crippen molar-refractivity contribution in [3.05, 3.63) is 44.5 Å². The van der Waals surface area contributed by atoms with Crippen molar-refractivity contribution >= 4 is 40.9 Å². The van der Waals surface area contributed by atoms with Gasteiger partial charge in [-0.3, -0.25) is 4.79 Å². The first-order chi connectivity index (χ1) is 10.6. The highest BCUT2D eigenvalue weighted by Crippen LogP contribution is 2.41. The van der Waals surface area contributed by atoms with E-state index >= 15 is 0 Å². The van der Waals surface area contributed by atoms with Gasteiger partial charge in [0.05, 0.1) is 6.61 Å². The summed E-state index contributed by atoms with van der Waals surface area (Å²) in [7, 11) is 0. The van der Waals surface area contributed by atoms with Gasteiger partial charge in [-0.2, -0.15) is 0 Å². The fraction of sp³-hybridized carbons (Fsp3) is 0.438. The summed E-state index contributed by atoms with van der Waals surface area (Å²) in [6.07, 6.45) is 1.99. The Morgan fingerprint density at radius 3 is 2.82 bits per heavy atom. The number of allylic oxidation sites excluding steroid dienone is 1. The van der Waals surface area contributed by atoms with Crippen LogP contribution < -0.4 is 5.32 Å². The highest BCUT2D eigenvalue weighted by Gasteiger charge is 2.35. The summed E-state index contributed by atoms with van der Waals surface area (Å²) in [4.78, 5) is 13.1. The Bertz CT molecular complexity index is 633. The van der Waals surface area contributed by atoms with Gasteiger partial charge in [0.2, 0.25) is 0 Å². The molecule has 1 aromatic carbocycles. The van der Waals surface area contributed by atoms with Gasteiger partial charge in [0.25, 0.3) is 5.91 Å². The van der Waals surface area contributed by atoms with Crippen LogP contribution in [0.2, 0.25) is 10.0 Å². The number of nitrogens with one attached hydrogen (secondary N) is 1. The molecule has 1 fully saturated rings. The van der Waals surface area contributed by atoms with Crippen LogP contribution in [0.5, 0.6) is 0 Å². The van der Waals surface area contributed by atoms with Crippen LogP contribution >= 0.6 is 35.0 Å². The zero-order valence-corrected chi connectivity index (χ0v) is 14.5. The molecule has 1 aliphatic heterocycles. The van der Waals surface area contributed by atoms with Crippen molar-refractivity contribution in [1.29, 1.82) is 0 Å². The topological polar surface area (TPSA) is 38.3 Å². The molecule has 0 saturated heterocycles. The quantitative estimate of drug-likeness (QED) is 0.873. The zero-order chi connectivity index (χ0) is 15.7. The van der Waals surface area contributed by atoms with Crippen LogP contribution in [-0.4, -0.2) is 24.3 Å². The molecule has 0 aromatic heterocycles. The molecule has 0 spiro atoms. The summed E-state index contributed by atoms with van der Waals surface area (Å²) in [6, 6.07) is 5.68. The molecular formula is C16H17Cl2NO2S. The van der Waals surface area contributed by atoms with Crippen LogP contribution in [0, 0.1) is 0 Å². The van der Waals surface area contributed by atoms with Crippen molar-refractivity contribution in [2.45, 2.75) is 31.7 Å². The van der Waals surface area contributed by atoms with E-state index in [1.54, 1.807) is 17.8 Å². The van der Waals surface area contributed by atoms with Gasteiger partial charge < -0.3 is 10.1 Å². The largest absolute Gasteiger partial charge is 0.496 e. The third kappa shape index (κ3) is 3.24. The van der Waals surface area contributed by atoms with Crippen molar-refractivity contribution in [2.75, 3.05) is 12.4 Å². The zero-order valence-electron chi connectivity index (χ0n) is 12.2. The number of halogens is 2. The number of carbonyl (C=O) groups excluding carboxylic acids is 1. The second kappa shape index (κ2) is 6.73. The first kappa shape index (κ1) is 16.0. The molecule has 0 bridgehead atoms. The lowest BCUT2D eigenvalue weighted by atomic mass is 9.75. The SMILES string of the molecule is CC1=C(C(=O)N[C@H]2CC[C@H]2c2ccc(Cl)cc2Cl)SCCO1. The minimum absolute atomic E-state index is 0.0398. The first-order valence-corrected chi connectivity index (χ1v) is 9.02. The van der Waals surface area contributed by atoms with E-state index in [1.165, 1.54) is 0 Å². The molecule has 0 radical (unpaired) electrons. The minimum atomic E-state index is -0.0398. The second-order valence-corrected chi connectivity index (χ2v) is 7.46. The Kier molecular flexibility index (Phi) is 4.91. The number of ether oxygens (including phenoxy) is 1. The van der Waals surface area contributed by atoms with Gasteiger partial charge in [-0.1, -0.05) is 29.3 Å². The highest BCUT2D eigenvalue weighted by molar-refractivity contribution is 8.04. The minimum Gasteiger partial charge on any atom is -0.496 e. The predicted octanol–water partition coefficient (Wildman–Crippen LogP) is 4.35. The van der Waals surface area contributed by atoms with E-state index in [0.29, 0.717) is 27.3 Å². The Morgan fingerprint density at radius 2 is 2.18 bits per heavy atom. The van der Waals surface area contributed by atoms with Crippen LogP contribution in [0.3, 0.4) is 0 Å². The third-order valence-electron chi connectivity index (χ3n) is 4.13. The van der Waals surface area contributed by atoms with E-state index in [1.807, 2.05) is 19.1 Å². The van der Waals surface area contributed by atoms with Crippen LogP contribution in [0.15, 0.2) is 28.9 Å². The normalized spacial score (nSPS) is 24.5. The van der Waals surface area contributed by atoms with Crippen LogP contribution in [0.4, 0.5) is 0 Å². The lowest BCUT2D eigenvalue weighted by Gasteiger charge is -2.38. The number of rotatable bonds is 3. The maximum atomic E-state index is 12.4. The van der Waals surface area contributed by atoms with Crippen molar-refractivity contribution in [3.63, 3.8) is 0 Å². The molecule has 1 saturated carbocycles. The van der Waals surface area contributed by atoms with Crippen LogP contribution in [0.1, 0.15) is 31.2 Å². The van der Waals surface area contributed by atoms with Gasteiger partial charge in [0, 0.05) is 27.8 Å². The maximum absolute atomic E-state index is 12.4. The van der Waals surface area contributed by atoms with Crippen molar-refractivity contribution in [3.8, 4) is 0 Å². The molecular weight excluding hydrogens is 341 g/mol. The van der Waals surface area contributed by atoms with E-state index in [-0.39, 0.29) is 17.9 Å². The molecule has 0 unspecified atom stereocenters. The van der Waals surface area contributed by atoms with E-state index < -0.39 is 0 Å². The fourth-order valence-corrected chi connectivity index (χ4v) is 4.18. The van der Waals surface area contributed by atoms with Crippen molar-refractivity contribution in [2.24, 2.45) is 0 Å². The molecule has 22 heavy (non-hydrogen) atoms. The van der Waals surface area contributed by atoms with E-state index in [2.05, 4.69) is 5.32 Å². The lowest BCUT2D eigenvalue weighted by molar-refractivity contribution is -0.118. The molecule has 2 atom stereocenters. The van der Waals surface area contributed by atoms with E-state index in [4.69, 9.17) is 27.9 Å². The summed E-state index contributed by atoms with van der Waals surface area (Å²) in [6.45, 7) is 2.51. The van der Waals surface area contributed by atoms with Gasteiger partial charge in [0.15, 0.2) is 0 Å².